The Morgan fingerprint density at radius 2 is 1.62 bits per heavy atom. The zero-order chi connectivity index (χ0) is 28.9. The van der Waals surface area contributed by atoms with Gasteiger partial charge in [0.05, 0.1) is 30.7 Å². The van der Waals surface area contributed by atoms with Gasteiger partial charge < -0.3 is 10.1 Å². The number of nitrogens with zero attached hydrogens (tertiary/aromatic N) is 2. The van der Waals surface area contributed by atoms with Gasteiger partial charge in [0, 0.05) is 44.3 Å². The fourth-order valence-corrected chi connectivity index (χ4v) is 5.85. The second kappa shape index (κ2) is 12.8. The smallest absolute Gasteiger partial charge is 0.416 e. The third-order valence-corrected chi connectivity index (χ3v) is 7.96. The Morgan fingerprint density at radius 1 is 0.950 bits per heavy atom. The number of carbonyl (C=O) groups is 1. The lowest BCUT2D eigenvalue weighted by atomic mass is 9.93. The molecule has 0 spiro atoms. The lowest BCUT2D eigenvalue weighted by Gasteiger charge is -2.43. The standard InChI is InChI=1S/C29H35F6N3O2/c1-40-26-10-6-5-9-23(26)25(38-15-13-37(14-16-38)22-7-3-2-4-8-22)19-36-27(39)17-20-11-12-21(28(30,31)32)18-24(20)29(33,34)35/h5-6,9-12,18,22,25H,2-4,7-8,13-17,19H2,1H3,(H,36,39). The van der Waals surface area contributed by atoms with Crippen LogP contribution in [-0.4, -0.2) is 61.6 Å². The summed E-state index contributed by atoms with van der Waals surface area (Å²) >= 11 is 0. The van der Waals surface area contributed by atoms with Crippen LogP contribution >= 0.6 is 0 Å². The molecule has 1 aliphatic carbocycles. The first kappa shape index (κ1) is 30.2. The fourth-order valence-electron chi connectivity index (χ4n) is 5.85. The van der Waals surface area contributed by atoms with Crippen molar-refractivity contribution in [2.24, 2.45) is 0 Å². The van der Waals surface area contributed by atoms with E-state index in [1.807, 2.05) is 24.3 Å². The highest BCUT2D eigenvalue weighted by Gasteiger charge is 2.38. The summed E-state index contributed by atoms with van der Waals surface area (Å²) in [6, 6.07) is 9.09. The normalized spacial score (nSPS) is 18.9. The molecule has 4 rings (SSSR count). The number of nitrogens with one attached hydrogen (secondary N) is 1. The van der Waals surface area contributed by atoms with Crippen LogP contribution in [0.15, 0.2) is 42.5 Å². The molecular formula is C29H35F6N3O2. The Balaban J connectivity index is 1.48. The van der Waals surface area contributed by atoms with Gasteiger partial charge in [-0.15, -0.1) is 0 Å². The van der Waals surface area contributed by atoms with E-state index in [-0.39, 0.29) is 18.7 Å². The number of piperazine rings is 1. The zero-order valence-corrected chi connectivity index (χ0v) is 22.5. The number of ether oxygens (including phenoxy) is 1. The number of rotatable bonds is 8. The molecule has 1 saturated carbocycles. The zero-order valence-electron chi connectivity index (χ0n) is 22.5. The third kappa shape index (κ3) is 7.48. The molecular weight excluding hydrogens is 536 g/mol. The molecule has 2 aliphatic rings. The van der Waals surface area contributed by atoms with E-state index in [9.17, 15) is 31.1 Å². The predicted octanol–water partition coefficient (Wildman–Crippen LogP) is 6.08. The summed E-state index contributed by atoms with van der Waals surface area (Å²) in [7, 11) is 1.55. The maximum absolute atomic E-state index is 13.6. The van der Waals surface area contributed by atoms with Gasteiger partial charge in [0.2, 0.25) is 5.91 Å². The minimum atomic E-state index is -5.03. The molecule has 0 bridgehead atoms. The Labute approximate surface area is 230 Å². The molecule has 11 heteroatoms. The Bertz CT molecular complexity index is 1140. The minimum Gasteiger partial charge on any atom is -0.496 e. The van der Waals surface area contributed by atoms with Crippen LogP contribution in [0, 0.1) is 0 Å². The summed E-state index contributed by atoms with van der Waals surface area (Å²) < 4.78 is 85.3. The van der Waals surface area contributed by atoms with Crippen LogP contribution in [-0.2, 0) is 23.6 Å². The molecule has 2 aromatic rings. The van der Waals surface area contributed by atoms with Crippen molar-refractivity contribution in [1.82, 2.24) is 15.1 Å². The van der Waals surface area contributed by atoms with Gasteiger partial charge in [-0.25, -0.2) is 0 Å². The molecule has 1 heterocycles. The number of carbonyl (C=O) groups excluding carboxylic acids is 1. The summed E-state index contributed by atoms with van der Waals surface area (Å²) in [5, 5.41) is 2.74. The fraction of sp³-hybridized carbons (Fsp3) is 0.552. The highest BCUT2D eigenvalue weighted by Crippen LogP contribution is 2.38. The van der Waals surface area contributed by atoms with Crippen molar-refractivity contribution >= 4 is 5.91 Å². The van der Waals surface area contributed by atoms with Crippen LogP contribution in [0.3, 0.4) is 0 Å². The van der Waals surface area contributed by atoms with Crippen LogP contribution in [0.1, 0.15) is 60.4 Å². The number of para-hydroxylation sites is 1. The van der Waals surface area contributed by atoms with Crippen molar-refractivity contribution in [2.75, 3.05) is 39.8 Å². The van der Waals surface area contributed by atoms with E-state index in [0.29, 0.717) is 17.9 Å². The van der Waals surface area contributed by atoms with Crippen molar-refractivity contribution in [2.45, 2.75) is 63.0 Å². The molecule has 1 amide bonds. The van der Waals surface area contributed by atoms with Gasteiger partial charge in [0.25, 0.3) is 0 Å². The van der Waals surface area contributed by atoms with Crippen LogP contribution in [0.4, 0.5) is 26.3 Å². The van der Waals surface area contributed by atoms with E-state index in [1.54, 1.807) is 7.11 Å². The number of hydrogen-bond donors (Lipinski definition) is 1. The van der Waals surface area contributed by atoms with E-state index in [2.05, 4.69) is 15.1 Å². The Hall–Kier alpha value is -2.79. The predicted molar refractivity (Wildman–Crippen MR) is 139 cm³/mol. The number of halogens is 6. The van der Waals surface area contributed by atoms with E-state index in [4.69, 9.17) is 4.74 Å². The summed E-state index contributed by atoms with van der Waals surface area (Å²) in [6.07, 6.45) is -4.47. The van der Waals surface area contributed by atoms with Gasteiger partial charge in [0.1, 0.15) is 5.75 Å². The molecule has 2 fully saturated rings. The largest absolute Gasteiger partial charge is 0.496 e. The topological polar surface area (TPSA) is 44.8 Å². The van der Waals surface area contributed by atoms with E-state index in [0.717, 1.165) is 37.8 Å². The molecule has 0 aromatic heterocycles. The van der Waals surface area contributed by atoms with Gasteiger partial charge >= 0.3 is 12.4 Å². The van der Waals surface area contributed by atoms with Crippen LogP contribution in [0.2, 0.25) is 0 Å². The van der Waals surface area contributed by atoms with Gasteiger partial charge in [-0.2, -0.15) is 26.3 Å². The third-order valence-electron chi connectivity index (χ3n) is 7.96. The molecule has 2 aromatic carbocycles. The van der Waals surface area contributed by atoms with Crippen LogP contribution in [0.25, 0.3) is 0 Å². The van der Waals surface area contributed by atoms with Gasteiger partial charge in [0.15, 0.2) is 0 Å². The maximum Gasteiger partial charge on any atom is 0.416 e. The number of benzene rings is 2. The van der Waals surface area contributed by atoms with Gasteiger partial charge in [-0.1, -0.05) is 43.5 Å². The quantitative estimate of drug-likeness (QED) is 0.390. The van der Waals surface area contributed by atoms with Gasteiger partial charge in [-0.05, 0) is 36.6 Å². The Kier molecular flexibility index (Phi) is 9.66. The highest BCUT2D eigenvalue weighted by atomic mass is 19.4. The molecule has 1 N–H and O–H groups in total. The first-order valence-electron chi connectivity index (χ1n) is 13.6. The highest BCUT2D eigenvalue weighted by molar-refractivity contribution is 5.79. The van der Waals surface area contributed by atoms with E-state index in [1.165, 1.54) is 32.1 Å². The van der Waals surface area contributed by atoms with E-state index >= 15 is 0 Å². The second-order valence-corrected chi connectivity index (χ2v) is 10.5. The summed E-state index contributed by atoms with van der Waals surface area (Å²) in [6.45, 7) is 3.39. The van der Waals surface area contributed by atoms with Crippen molar-refractivity contribution in [3.05, 3.63) is 64.7 Å². The molecule has 1 unspecified atom stereocenters. The molecule has 1 saturated heterocycles. The van der Waals surface area contributed by atoms with E-state index < -0.39 is 41.4 Å². The summed E-state index contributed by atoms with van der Waals surface area (Å²) in [5.41, 5.74) is -2.53. The summed E-state index contributed by atoms with van der Waals surface area (Å²) in [4.78, 5) is 17.6. The van der Waals surface area contributed by atoms with Crippen molar-refractivity contribution < 1.29 is 35.9 Å². The van der Waals surface area contributed by atoms with Crippen molar-refractivity contribution in [3.8, 4) is 5.75 Å². The van der Waals surface area contributed by atoms with Crippen molar-refractivity contribution in [3.63, 3.8) is 0 Å². The molecule has 0 radical (unpaired) electrons. The van der Waals surface area contributed by atoms with Crippen LogP contribution < -0.4 is 10.1 Å². The SMILES string of the molecule is COc1ccccc1C(CNC(=O)Cc1ccc(C(F)(F)F)cc1C(F)(F)F)N1CCN(C2CCCCC2)CC1. The lowest BCUT2D eigenvalue weighted by Crippen LogP contribution is -2.53. The monoisotopic (exact) mass is 571 g/mol. The van der Waals surface area contributed by atoms with Crippen molar-refractivity contribution in [1.29, 1.82) is 0 Å². The second-order valence-electron chi connectivity index (χ2n) is 10.5. The molecule has 220 valence electrons. The van der Waals surface area contributed by atoms with Crippen LogP contribution in [0.5, 0.6) is 5.75 Å². The summed E-state index contributed by atoms with van der Waals surface area (Å²) in [5.74, 6) is -0.0652. The van der Waals surface area contributed by atoms with Gasteiger partial charge in [-0.3, -0.25) is 14.6 Å². The lowest BCUT2D eigenvalue weighted by molar-refractivity contribution is -0.143. The molecule has 1 aliphatic heterocycles. The minimum absolute atomic E-state index is 0.0616. The Morgan fingerprint density at radius 3 is 2.25 bits per heavy atom. The number of alkyl halides is 6. The maximum atomic E-state index is 13.6. The number of methoxy groups -OCH3 is 1. The first-order chi connectivity index (χ1) is 19.0. The molecule has 1 atom stereocenters. The first-order valence-corrected chi connectivity index (χ1v) is 13.6. The number of amides is 1. The average Bonchev–Trinajstić information content (AvgIpc) is 2.93. The average molecular weight is 572 g/mol. The number of hydrogen-bond acceptors (Lipinski definition) is 4. The molecule has 5 nitrogen and oxygen atoms in total. The molecule has 40 heavy (non-hydrogen) atoms.